The lowest BCUT2D eigenvalue weighted by Gasteiger charge is -2.24. The standard InChI is InChI=1S/C14H13N3S/c1-2-4-12-10(3-1)11(7-16-12)13-8-18-14(17-13)9-5-15-6-9/h1-4,7-9,15-16H,5-6H2. The summed E-state index contributed by atoms with van der Waals surface area (Å²) in [6.07, 6.45) is 2.06. The van der Waals surface area contributed by atoms with E-state index in [4.69, 9.17) is 4.98 Å². The topological polar surface area (TPSA) is 40.7 Å². The fraction of sp³-hybridized carbons (Fsp3) is 0.214. The van der Waals surface area contributed by atoms with Crippen LogP contribution in [0.5, 0.6) is 0 Å². The minimum atomic E-state index is 0.619. The van der Waals surface area contributed by atoms with E-state index in [0.717, 1.165) is 18.8 Å². The molecule has 3 aromatic rings. The predicted octanol–water partition coefficient (Wildman–Crippen LogP) is 2.98. The summed E-state index contributed by atoms with van der Waals surface area (Å²) in [5.41, 5.74) is 3.48. The van der Waals surface area contributed by atoms with Crippen molar-refractivity contribution in [2.45, 2.75) is 5.92 Å². The number of nitrogens with one attached hydrogen (secondary N) is 2. The molecule has 0 amide bonds. The average Bonchev–Trinajstić information content (AvgIpc) is 2.92. The van der Waals surface area contributed by atoms with Gasteiger partial charge in [-0.2, -0.15) is 0 Å². The molecule has 1 aliphatic heterocycles. The number of hydrogen-bond donors (Lipinski definition) is 2. The van der Waals surface area contributed by atoms with E-state index in [-0.39, 0.29) is 0 Å². The summed E-state index contributed by atoms with van der Waals surface area (Å²) in [7, 11) is 0. The zero-order chi connectivity index (χ0) is 11.9. The van der Waals surface area contributed by atoms with E-state index in [1.54, 1.807) is 11.3 Å². The Morgan fingerprint density at radius 3 is 2.94 bits per heavy atom. The first-order valence-corrected chi connectivity index (χ1v) is 7.02. The molecule has 0 bridgehead atoms. The maximum Gasteiger partial charge on any atom is 0.0989 e. The Morgan fingerprint density at radius 2 is 2.11 bits per heavy atom. The van der Waals surface area contributed by atoms with Crippen molar-refractivity contribution in [1.29, 1.82) is 0 Å². The van der Waals surface area contributed by atoms with E-state index >= 15 is 0 Å². The lowest BCUT2D eigenvalue weighted by molar-refractivity contribution is 0.447. The molecule has 2 N–H and O–H groups in total. The van der Waals surface area contributed by atoms with Crippen LogP contribution < -0.4 is 5.32 Å². The zero-order valence-corrected chi connectivity index (χ0v) is 10.6. The van der Waals surface area contributed by atoms with Crippen molar-refractivity contribution in [1.82, 2.24) is 15.3 Å². The van der Waals surface area contributed by atoms with Crippen molar-refractivity contribution < 1.29 is 0 Å². The number of para-hydroxylation sites is 1. The molecule has 0 spiro atoms. The SMILES string of the molecule is c1ccc2c(-c3csc(C4CNC4)n3)c[nH]c2c1. The summed E-state index contributed by atoms with van der Waals surface area (Å²) in [6.45, 7) is 2.14. The molecule has 18 heavy (non-hydrogen) atoms. The second-order valence-electron chi connectivity index (χ2n) is 4.67. The van der Waals surface area contributed by atoms with Gasteiger partial charge in [0.25, 0.3) is 0 Å². The van der Waals surface area contributed by atoms with Crippen LogP contribution in [0.15, 0.2) is 35.8 Å². The molecular formula is C14H13N3S. The third-order valence-electron chi connectivity index (χ3n) is 3.52. The molecular weight excluding hydrogens is 242 g/mol. The van der Waals surface area contributed by atoms with Crippen molar-refractivity contribution in [3.63, 3.8) is 0 Å². The monoisotopic (exact) mass is 255 g/mol. The first-order valence-electron chi connectivity index (χ1n) is 6.14. The van der Waals surface area contributed by atoms with Gasteiger partial charge in [0, 0.05) is 47.1 Å². The molecule has 0 unspecified atom stereocenters. The molecule has 4 heteroatoms. The van der Waals surface area contributed by atoms with Gasteiger partial charge in [0.05, 0.1) is 10.7 Å². The van der Waals surface area contributed by atoms with Gasteiger partial charge in [-0.05, 0) is 6.07 Å². The van der Waals surface area contributed by atoms with Gasteiger partial charge in [-0.1, -0.05) is 18.2 Å². The molecule has 1 aliphatic rings. The van der Waals surface area contributed by atoms with Crippen LogP contribution in [-0.4, -0.2) is 23.1 Å². The molecule has 0 saturated carbocycles. The summed E-state index contributed by atoms with van der Waals surface area (Å²) in [4.78, 5) is 8.09. The van der Waals surface area contributed by atoms with Gasteiger partial charge < -0.3 is 10.3 Å². The summed E-state index contributed by atoms with van der Waals surface area (Å²) in [5.74, 6) is 0.619. The number of aromatic nitrogens is 2. The first kappa shape index (κ1) is 10.3. The zero-order valence-electron chi connectivity index (χ0n) is 9.81. The maximum atomic E-state index is 4.78. The number of rotatable bonds is 2. The van der Waals surface area contributed by atoms with Crippen molar-refractivity contribution in [3.05, 3.63) is 40.8 Å². The summed E-state index contributed by atoms with van der Waals surface area (Å²) in [6, 6.07) is 8.37. The number of aromatic amines is 1. The van der Waals surface area contributed by atoms with Crippen LogP contribution in [0.25, 0.3) is 22.2 Å². The van der Waals surface area contributed by atoms with Crippen molar-refractivity contribution in [2.75, 3.05) is 13.1 Å². The van der Waals surface area contributed by atoms with Crippen molar-refractivity contribution in [2.24, 2.45) is 0 Å². The second-order valence-corrected chi connectivity index (χ2v) is 5.56. The van der Waals surface area contributed by atoms with E-state index in [2.05, 4.69) is 46.1 Å². The van der Waals surface area contributed by atoms with Crippen LogP contribution in [0.1, 0.15) is 10.9 Å². The Morgan fingerprint density at radius 1 is 1.22 bits per heavy atom. The number of nitrogens with zero attached hydrogens (tertiary/aromatic N) is 1. The number of benzene rings is 1. The van der Waals surface area contributed by atoms with Gasteiger partial charge in [0.2, 0.25) is 0 Å². The van der Waals surface area contributed by atoms with Gasteiger partial charge in [-0.25, -0.2) is 4.98 Å². The fourth-order valence-electron chi connectivity index (χ4n) is 2.35. The Balaban J connectivity index is 1.79. The van der Waals surface area contributed by atoms with Gasteiger partial charge in [0.1, 0.15) is 0 Å². The van der Waals surface area contributed by atoms with Gasteiger partial charge in [-0.15, -0.1) is 11.3 Å². The minimum Gasteiger partial charge on any atom is -0.360 e. The van der Waals surface area contributed by atoms with Crippen LogP contribution in [-0.2, 0) is 0 Å². The lowest BCUT2D eigenvalue weighted by atomic mass is 10.1. The molecule has 0 radical (unpaired) electrons. The predicted molar refractivity (Wildman–Crippen MR) is 75.0 cm³/mol. The highest BCUT2D eigenvalue weighted by molar-refractivity contribution is 7.10. The first-order chi connectivity index (χ1) is 8.92. The maximum absolute atomic E-state index is 4.78. The minimum absolute atomic E-state index is 0.619. The molecule has 4 rings (SSSR count). The number of thiazole rings is 1. The third-order valence-corrected chi connectivity index (χ3v) is 4.53. The smallest absolute Gasteiger partial charge is 0.0989 e. The van der Waals surface area contributed by atoms with E-state index < -0.39 is 0 Å². The normalized spacial score (nSPS) is 16.0. The van der Waals surface area contributed by atoms with Crippen LogP contribution in [0.2, 0.25) is 0 Å². The molecule has 0 atom stereocenters. The molecule has 1 fully saturated rings. The summed E-state index contributed by atoms with van der Waals surface area (Å²) in [5, 5.41) is 7.97. The van der Waals surface area contributed by atoms with Crippen LogP contribution in [0, 0.1) is 0 Å². The number of fused-ring (bicyclic) bond motifs is 1. The quantitative estimate of drug-likeness (QED) is 0.739. The molecule has 1 saturated heterocycles. The van der Waals surface area contributed by atoms with E-state index in [1.807, 2.05) is 0 Å². The summed E-state index contributed by atoms with van der Waals surface area (Å²) >= 11 is 1.78. The Labute approximate surface area is 109 Å². The molecule has 90 valence electrons. The van der Waals surface area contributed by atoms with Crippen LogP contribution >= 0.6 is 11.3 Å². The molecule has 3 nitrogen and oxygen atoms in total. The van der Waals surface area contributed by atoms with E-state index in [9.17, 15) is 0 Å². The number of hydrogen-bond acceptors (Lipinski definition) is 3. The van der Waals surface area contributed by atoms with Crippen LogP contribution in [0.3, 0.4) is 0 Å². The Bertz CT molecular complexity index is 694. The van der Waals surface area contributed by atoms with Gasteiger partial charge in [0.15, 0.2) is 0 Å². The number of H-pyrrole nitrogens is 1. The van der Waals surface area contributed by atoms with E-state index in [1.165, 1.54) is 21.5 Å². The van der Waals surface area contributed by atoms with E-state index in [0.29, 0.717) is 5.92 Å². The molecule has 3 heterocycles. The van der Waals surface area contributed by atoms with Gasteiger partial charge in [-0.3, -0.25) is 0 Å². The highest BCUT2D eigenvalue weighted by Gasteiger charge is 2.22. The van der Waals surface area contributed by atoms with Crippen molar-refractivity contribution >= 4 is 22.2 Å². The molecule has 2 aromatic heterocycles. The fourth-order valence-corrected chi connectivity index (χ4v) is 3.27. The van der Waals surface area contributed by atoms with Crippen molar-refractivity contribution in [3.8, 4) is 11.3 Å². The highest BCUT2D eigenvalue weighted by atomic mass is 32.1. The second kappa shape index (κ2) is 3.93. The molecule has 0 aliphatic carbocycles. The molecule has 1 aromatic carbocycles. The third kappa shape index (κ3) is 1.50. The largest absolute Gasteiger partial charge is 0.360 e. The Kier molecular flexibility index (Phi) is 2.25. The van der Waals surface area contributed by atoms with Gasteiger partial charge >= 0.3 is 0 Å². The van der Waals surface area contributed by atoms with Crippen LogP contribution in [0.4, 0.5) is 0 Å². The summed E-state index contributed by atoms with van der Waals surface area (Å²) < 4.78 is 0. The average molecular weight is 255 g/mol. The Hall–Kier alpha value is -1.65. The lowest BCUT2D eigenvalue weighted by Crippen LogP contribution is -2.39. The highest BCUT2D eigenvalue weighted by Crippen LogP contribution is 2.32.